The molecule has 1 aromatic heterocycles. The second-order valence-corrected chi connectivity index (χ2v) is 5.70. The third-order valence-corrected chi connectivity index (χ3v) is 3.88. The van der Waals surface area contributed by atoms with Crippen LogP contribution in [0.15, 0.2) is 11.0 Å². The van der Waals surface area contributed by atoms with E-state index in [1.54, 1.807) is 0 Å². The van der Waals surface area contributed by atoms with Crippen molar-refractivity contribution in [2.45, 2.75) is 44.8 Å². The van der Waals surface area contributed by atoms with Crippen LogP contribution in [0.2, 0.25) is 5.02 Å². The van der Waals surface area contributed by atoms with Crippen LogP contribution >= 0.6 is 11.6 Å². The Kier molecular flexibility index (Phi) is 5.13. The Morgan fingerprint density at radius 2 is 2.14 bits per heavy atom. The average molecular weight is 324 g/mol. The smallest absolute Gasteiger partial charge is 0.379 e. The maximum atomic E-state index is 12.2. The van der Waals surface area contributed by atoms with E-state index in [9.17, 15) is 18.0 Å². The Bertz CT molecular complexity index is 540. The molecule has 0 atom stereocenters. The van der Waals surface area contributed by atoms with Crippen LogP contribution in [0.25, 0.3) is 0 Å². The summed E-state index contributed by atoms with van der Waals surface area (Å²) in [5.74, 6) is 0.453. The summed E-state index contributed by atoms with van der Waals surface area (Å²) in [6.45, 7) is 0.579. The van der Waals surface area contributed by atoms with Crippen LogP contribution in [0.3, 0.4) is 0 Å². The van der Waals surface area contributed by atoms with E-state index in [4.69, 9.17) is 11.6 Å². The first kappa shape index (κ1) is 16.1. The zero-order chi connectivity index (χ0) is 15.5. The molecule has 0 aromatic carbocycles. The van der Waals surface area contributed by atoms with E-state index in [0.717, 1.165) is 19.3 Å². The molecule has 0 bridgehead atoms. The van der Waals surface area contributed by atoms with Crippen molar-refractivity contribution in [3.63, 3.8) is 0 Å². The molecule has 2 rings (SSSR count). The average Bonchev–Trinajstić information content (AvgIpc) is 2.33. The highest BCUT2D eigenvalue weighted by Gasteiger charge is 2.26. The predicted molar refractivity (Wildman–Crippen MR) is 74.6 cm³/mol. The lowest BCUT2D eigenvalue weighted by Gasteiger charge is -2.25. The number of nitrogens with zero attached hydrogens (tertiary/aromatic N) is 2. The van der Waals surface area contributed by atoms with Gasteiger partial charge in [0.25, 0.3) is 5.56 Å². The summed E-state index contributed by atoms with van der Waals surface area (Å²) in [4.78, 5) is 12.2. The number of nitrogens with one attached hydrogen (secondary N) is 1. The highest BCUT2D eigenvalue weighted by atomic mass is 35.5. The molecule has 1 saturated carbocycles. The molecule has 1 heterocycles. The SMILES string of the molecule is O=c1c(NCCCC(F)(F)F)c(Cl)cnn1CC1CCC1. The van der Waals surface area contributed by atoms with Gasteiger partial charge in [-0.1, -0.05) is 18.0 Å². The van der Waals surface area contributed by atoms with Gasteiger partial charge in [-0.15, -0.1) is 0 Å². The normalized spacial score (nSPS) is 15.8. The summed E-state index contributed by atoms with van der Waals surface area (Å²) in [6.07, 6.45) is -0.517. The summed E-state index contributed by atoms with van der Waals surface area (Å²) >= 11 is 5.89. The molecule has 0 spiro atoms. The molecule has 0 saturated heterocycles. The number of hydrogen-bond acceptors (Lipinski definition) is 3. The third-order valence-electron chi connectivity index (χ3n) is 3.59. The van der Waals surface area contributed by atoms with E-state index >= 15 is 0 Å². The van der Waals surface area contributed by atoms with Crippen molar-refractivity contribution in [3.05, 3.63) is 21.6 Å². The molecule has 1 fully saturated rings. The molecule has 8 heteroatoms. The molecule has 0 aliphatic heterocycles. The molecule has 1 N–H and O–H groups in total. The van der Waals surface area contributed by atoms with Gasteiger partial charge in [0.2, 0.25) is 0 Å². The lowest BCUT2D eigenvalue weighted by atomic mass is 9.85. The van der Waals surface area contributed by atoms with E-state index in [2.05, 4.69) is 10.4 Å². The minimum atomic E-state index is -4.19. The third kappa shape index (κ3) is 4.62. The van der Waals surface area contributed by atoms with Gasteiger partial charge in [0.1, 0.15) is 5.69 Å². The highest BCUT2D eigenvalue weighted by Crippen LogP contribution is 2.27. The Balaban J connectivity index is 1.97. The van der Waals surface area contributed by atoms with Crippen molar-refractivity contribution in [1.82, 2.24) is 9.78 Å². The Labute approximate surface area is 125 Å². The standard InChI is InChI=1S/C13H17ClF3N3O/c14-10-7-19-20(8-9-3-1-4-9)12(21)11(10)18-6-2-5-13(15,16)17/h7,9,18H,1-6,8H2. The van der Waals surface area contributed by atoms with E-state index in [-0.39, 0.29) is 29.2 Å². The second-order valence-electron chi connectivity index (χ2n) is 5.30. The lowest BCUT2D eigenvalue weighted by molar-refractivity contribution is -0.134. The maximum Gasteiger partial charge on any atom is 0.389 e. The van der Waals surface area contributed by atoms with Gasteiger partial charge in [0, 0.05) is 19.5 Å². The molecule has 1 aliphatic rings. The Morgan fingerprint density at radius 3 is 2.71 bits per heavy atom. The van der Waals surface area contributed by atoms with Gasteiger partial charge in [-0.05, 0) is 25.2 Å². The van der Waals surface area contributed by atoms with Crippen molar-refractivity contribution < 1.29 is 13.2 Å². The Morgan fingerprint density at radius 1 is 1.43 bits per heavy atom. The number of halogens is 4. The summed E-state index contributed by atoms with van der Waals surface area (Å²) in [6, 6.07) is 0. The molecule has 1 aliphatic carbocycles. The fraction of sp³-hybridized carbons (Fsp3) is 0.692. The maximum absolute atomic E-state index is 12.2. The van der Waals surface area contributed by atoms with Crippen LogP contribution in [-0.4, -0.2) is 22.5 Å². The predicted octanol–water partition coefficient (Wildman–Crippen LogP) is 3.45. The molecule has 118 valence electrons. The lowest BCUT2D eigenvalue weighted by Crippen LogP contribution is -2.31. The summed E-state index contributed by atoms with van der Waals surface area (Å²) in [5, 5.41) is 6.81. The number of rotatable bonds is 6. The Hall–Kier alpha value is -1.24. The molecule has 1 aromatic rings. The molecular weight excluding hydrogens is 307 g/mol. The van der Waals surface area contributed by atoms with Gasteiger partial charge in [0.05, 0.1) is 11.2 Å². The van der Waals surface area contributed by atoms with Crippen LogP contribution < -0.4 is 10.9 Å². The van der Waals surface area contributed by atoms with Gasteiger partial charge >= 0.3 is 6.18 Å². The summed E-state index contributed by atoms with van der Waals surface area (Å²) in [7, 11) is 0. The van der Waals surface area contributed by atoms with Crippen LogP contribution in [-0.2, 0) is 6.54 Å². The first-order valence-electron chi connectivity index (χ1n) is 6.93. The number of alkyl halides is 3. The molecule has 0 unspecified atom stereocenters. The second kappa shape index (κ2) is 6.68. The largest absolute Gasteiger partial charge is 0.389 e. The number of aromatic nitrogens is 2. The topological polar surface area (TPSA) is 46.9 Å². The van der Waals surface area contributed by atoms with E-state index in [1.165, 1.54) is 10.9 Å². The van der Waals surface area contributed by atoms with Gasteiger partial charge in [0.15, 0.2) is 0 Å². The van der Waals surface area contributed by atoms with Gasteiger partial charge in [-0.3, -0.25) is 4.79 Å². The van der Waals surface area contributed by atoms with Crippen molar-refractivity contribution in [3.8, 4) is 0 Å². The molecule has 4 nitrogen and oxygen atoms in total. The fourth-order valence-electron chi connectivity index (χ4n) is 2.18. The minimum Gasteiger partial charge on any atom is -0.379 e. The highest BCUT2D eigenvalue weighted by molar-refractivity contribution is 6.32. The van der Waals surface area contributed by atoms with Crippen LogP contribution in [0.4, 0.5) is 18.9 Å². The van der Waals surface area contributed by atoms with Crippen molar-refractivity contribution in [2.24, 2.45) is 5.92 Å². The van der Waals surface area contributed by atoms with E-state index in [0.29, 0.717) is 12.5 Å². The van der Waals surface area contributed by atoms with Crippen molar-refractivity contribution in [2.75, 3.05) is 11.9 Å². The van der Waals surface area contributed by atoms with Crippen LogP contribution in [0.5, 0.6) is 0 Å². The molecule has 21 heavy (non-hydrogen) atoms. The van der Waals surface area contributed by atoms with Gasteiger partial charge in [-0.25, -0.2) is 4.68 Å². The van der Waals surface area contributed by atoms with Crippen molar-refractivity contribution >= 4 is 17.3 Å². The van der Waals surface area contributed by atoms with E-state index < -0.39 is 12.6 Å². The first-order valence-corrected chi connectivity index (χ1v) is 7.31. The minimum absolute atomic E-state index is 0.0436. The zero-order valence-corrected chi connectivity index (χ0v) is 12.2. The van der Waals surface area contributed by atoms with Crippen LogP contribution in [0, 0.1) is 5.92 Å². The molecular formula is C13H17ClF3N3O. The van der Waals surface area contributed by atoms with Crippen LogP contribution in [0.1, 0.15) is 32.1 Å². The van der Waals surface area contributed by atoms with E-state index in [1.807, 2.05) is 0 Å². The molecule has 0 amide bonds. The first-order chi connectivity index (χ1) is 9.87. The fourth-order valence-corrected chi connectivity index (χ4v) is 2.37. The zero-order valence-electron chi connectivity index (χ0n) is 11.4. The van der Waals surface area contributed by atoms with Crippen molar-refractivity contribution in [1.29, 1.82) is 0 Å². The van der Waals surface area contributed by atoms with Gasteiger partial charge < -0.3 is 5.32 Å². The summed E-state index contributed by atoms with van der Waals surface area (Å²) < 4.78 is 37.5. The number of anilines is 1. The molecule has 0 radical (unpaired) electrons. The quantitative estimate of drug-likeness (QED) is 0.816. The number of hydrogen-bond donors (Lipinski definition) is 1. The monoisotopic (exact) mass is 323 g/mol. The van der Waals surface area contributed by atoms with Gasteiger partial charge in [-0.2, -0.15) is 18.3 Å². The summed E-state index contributed by atoms with van der Waals surface area (Å²) in [5.41, 5.74) is -0.241.